The highest BCUT2D eigenvalue weighted by Gasteiger charge is 2.37. The number of rotatable bonds is 6. The van der Waals surface area contributed by atoms with E-state index < -0.39 is 5.25 Å². The molecular weight excluding hydrogens is 402 g/mol. The van der Waals surface area contributed by atoms with Crippen LogP contribution in [0.15, 0.2) is 53.7 Å². The minimum atomic E-state index is -0.443. The number of aromatic nitrogens is 3. The number of amides is 1. The Kier molecular flexibility index (Phi) is 5.80. The molecule has 2 aromatic carbocycles. The molecule has 4 rings (SSSR count). The molecule has 0 saturated carbocycles. The second kappa shape index (κ2) is 8.66. The summed E-state index contributed by atoms with van der Waals surface area (Å²) in [6.45, 7) is 2.02. The molecule has 0 saturated heterocycles. The Hall–Kier alpha value is -3.20. The molecule has 0 bridgehead atoms. The summed E-state index contributed by atoms with van der Waals surface area (Å²) in [5.74, 6) is 2.20. The topological polar surface area (TPSA) is 90.3 Å². The van der Waals surface area contributed by atoms with Crippen molar-refractivity contribution < 1.29 is 14.3 Å². The maximum atomic E-state index is 13.2. The van der Waals surface area contributed by atoms with Gasteiger partial charge in [-0.1, -0.05) is 30.8 Å². The Morgan fingerprint density at radius 3 is 2.30 bits per heavy atom. The lowest BCUT2D eigenvalue weighted by Gasteiger charge is -2.33. The van der Waals surface area contributed by atoms with Gasteiger partial charge in [-0.3, -0.25) is 4.79 Å². The van der Waals surface area contributed by atoms with Gasteiger partial charge < -0.3 is 20.2 Å². The summed E-state index contributed by atoms with van der Waals surface area (Å²) in [4.78, 5) is 13.2. The lowest BCUT2D eigenvalue weighted by atomic mass is 10.0. The van der Waals surface area contributed by atoms with Crippen LogP contribution in [0.5, 0.6) is 11.5 Å². The number of hydrogen-bond acceptors (Lipinski definition) is 7. The Labute approximate surface area is 179 Å². The van der Waals surface area contributed by atoms with Crippen LogP contribution in [0.1, 0.15) is 24.4 Å². The van der Waals surface area contributed by atoms with Gasteiger partial charge in [-0.05, 0) is 42.0 Å². The standard InChI is InChI=1S/C21H23N5O3S/c1-4-17-23-24-21-26(17)25-18(13-5-9-15(28-2)10-6-13)19(30-21)20(27)22-14-7-11-16(29-3)12-8-14/h5-12,18-19,25H,4H2,1-3H3,(H,22,27)/t18-,19-/m1/s1. The molecule has 8 nitrogen and oxygen atoms in total. The first kappa shape index (κ1) is 20.1. The molecule has 9 heteroatoms. The number of carbonyl (C=O) groups excluding carboxylic acids is 1. The lowest BCUT2D eigenvalue weighted by Crippen LogP contribution is -2.41. The first-order chi connectivity index (χ1) is 14.6. The number of nitrogens with zero attached hydrogens (tertiary/aromatic N) is 3. The fraction of sp³-hybridized carbons (Fsp3) is 0.286. The smallest absolute Gasteiger partial charge is 0.240 e. The Morgan fingerprint density at radius 2 is 1.70 bits per heavy atom. The number of benzene rings is 2. The molecule has 30 heavy (non-hydrogen) atoms. The van der Waals surface area contributed by atoms with E-state index in [4.69, 9.17) is 9.47 Å². The molecule has 0 unspecified atom stereocenters. The van der Waals surface area contributed by atoms with E-state index in [2.05, 4.69) is 20.9 Å². The SMILES string of the molecule is CCc1nnc2n1N[C@H](c1ccc(OC)cc1)[C@H](C(=O)Nc1ccc(OC)cc1)S2. The van der Waals surface area contributed by atoms with Crippen LogP contribution in [0.4, 0.5) is 5.69 Å². The minimum Gasteiger partial charge on any atom is -0.497 e. The van der Waals surface area contributed by atoms with E-state index in [1.165, 1.54) is 11.8 Å². The van der Waals surface area contributed by atoms with Gasteiger partial charge in [0.2, 0.25) is 11.1 Å². The molecule has 1 aromatic heterocycles. The molecular formula is C21H23N5O3S. The van der Waals surface area contributed by atoms with Crippen molar-refractivity contribution >= 4 is 23.4 Å². The Bertz CT molecular complexity index is 1020. The highest BCUT2D eigenvalue weighted by Crippen LogP contribution is 2.38. The van der Waals surface area contributed by atoms with Crippen LogP contribution in [0.2, 0.25) is 0 Å². The normalized spacial score (nSPS) is 17.6. The molecule has 156 valence electrons. The van der Waals surface area contributed by atoms with Crippen LogP contribution in [-0.2, 0) is 11.2 Å². The molecule has 3 aromatic rings. The van der Waals surface area contributed by atoms with Crippen LogP contribution < -0.4 is 20.2 Å². The fourth-order valence-corrected chi connectivity index (χ4v) is 4.38. The van der Waals surface area contributed by atoms with E-state index in [9.17, 15) is 4.79 Å². The van der Waals surface area contributed by atoms with Gasteiger partial charge >= 0.3 is 0 Å². The third kappa shape index (κ3) is 3.93. The summed E-state index contributed by atoms with van der Waals surface area (Å²) < 4.78 is 12.3. The maximum Gasteiger partial charge on any atom is 0.240 e. The van der Waals surface area contributed by atoms with Gasteiger partial charge in [-0.2, -0.15) is 0 Å². The number of fused-ring (bicyclic) bond motifs is 1. The van der Waals surface area contributed by atoms with E-state index in [1.807, 2.05) is 60.1 Å². The third-order valence-corrected chi connectivity index (χ3v) is 6.13. The average molecular weight is 426 g/mol. The Morgan fingerprint density at radius 1 is 1.07 bits per heavy atom. The number of anilines is 1. The molecule has 0 fully saturated rings. The number of ether oxygens (including phenoxy) is 2. The first-order valence-electron chi connectivity index (χ1n) is 9.59. The highest BCUT2D eigenvalue weighted by molar-refractivity contribution is 8.00. The van der Waals surface area contributed by atoms with Crippen LogP contribution in [0.25, 0.3) is 0 Å². The number of thioether (sulfide) groups is 1. The molecule has 2 atom stereocenters. The summed E-state index contributed by atoms with van der Waals surface area (Å²) in [6, 6.07) is 14.7. The predicted molar refractivity (Wildman–Crippen MR) is 116 cm³/mol. The number of methoxy groups -OCH3 is 2. The van der Waals surface area contributed by atoms with E-state index in [1.54, 1.807) is 14.2 Å². The van der Waals surface area contributed by atoms with Gasteiger partial charge in [0.25, 0.3) is 0 Å². The van der Waals surface area contributed by atoms with Crippen molar-refractivity contribution in [3.05, 3.63) is 59.9 Å². The van der Waals surface area contributed by atoms with Gasteiger partial charge in [0.05, 0.1) is 20.3 Å². The average Bonchev–Trinajstić information content (AvgIpc) is 3.21. The van der Waals surface area contributed by atoms with Crippen LogP contribution in [-0.4, -0.2) is 40.3 Å². The van der Waals surface area contributed by atoms with Crippen molar-refractivity contribution in [1.82, 2.24) is 14.9 Å². The monoisotopic (exact) mass is 425 g/mol. The summed E-state index contributed by atoms with van der Waals surface area (Å²) in [7, 11) is 3.24. The summed E-state index contributed by atoms with van der Waals surface area (Å²) in [5.41, 5.74) is 5.11. The van der Waals surface area contributed by atoms with E-state index in [0.29, 0.717) is 10.8 Å². The van der Waals surface area contributed by atoms with Crippen LogP contribution in [0.3, 0.4) is 0 Å². The zero-order valence-electron chi connectivity index (χ0n) is 17.0. The molecule has 0 aliphatic carbocycles. The van der Waals surface area contributed by atoms with Crippen molar-refractivity contribution in [3.63, 3.8) is 0 Å². The lowest BCUT2D eigenvalue weighted by molar-refractivity contribution is -0.116. The van der Waals surface area contributed by atoms with Gasteiger partial charge in [-0.25, -0.2) is 4.68 Å². The van der Waals surface area contributed by atoms with E-state index in [0.717, 1.165) is 29.3 Å². The van der Waals surface area contributed by atoms with E-state index in [-0.39, 0.29) is 11.9 Å². The molecule has 1 amide bonds. The fourth-order valence-electron chi connectivity index (χ4n) is 3.28. The van der Waals surface area contributed by atoms with Crippen molar-refractivity contribution in [3.8, 4) is 11.5 Å². The molecule has 1 aliphatic rings. The number of aryl methyl sites for hydroxylation is 1. The summed E-state index contributed by atoms with van der Waals surface area (Å²) >= 11 is 1.40. The van der Waals surface area contributed by atoms with Gasteiger partial charge in [-0.15, -0.1) is 10.2 Å². The summed E-state index contributed by atoms with van der Waals surface area (Å²) in [6.07, 6.45) is 0.735. The quantitative estimate of drug-likeness (QED) is 0.626. The largest absolute Gasteiger partial charge is 0.497 e. The summed E-state index contributed by atoms with van der Waals surface area (Å²) in [5, 5.41) is 11.7. The van der Waals surface area contributed by atoms with Crippen LogP contribution >= 0.6 is 11.8 Å². The molecule has 0 spiro atoms. The molecule has 2 N–H and O–H groups in total. The number of carbonyl (C=O) groups is 1. The van der Waals surface area contributed by atoms with Gasteiger partial charge in [0, 0.05) is 12.1 Å². The number of hydrogen-bond donors (Lipinski definition) is 2. The first-order valence-corrected chi connectivity index (χ1v) is 10.5. The predicted octanol–water partition coefficient (Wildman–Crippen LogP) is 3.26. The van der Waals surface area contributed by atoms with Gasteiger partial charge in [0.15, 0.2) is 5.82 Å². The van der Waals surface area contributed by atoms with Crippen molar-refractivity contribution in [2.75, 3.05) is 25.0 Å². The van der Waals surface area contributed by atoms with Crippen LogP contribution in [0, 0.1) is 0 Å². The molecule has 0 radical (unpaired) electrons. The van der Waals surface area contributed by atoms with Crippen molar-refractivity contribution in [2.24, 2.45) is 0 Å². The maximum absolute atomic E-state index is 13.2. The second-order valence-electron chi connectivity index (χ2n) is 6.72. The minimum absolute atomic E-state index is 0.120. The Balaban J connectivity index is 1.63. The van der Waals surface area contributed by atoms with Gasteiger partial charge in [0.1, 0.15) is 16.7 Å². The zero-order valence-corrected chi connectivity index (χ0v) is 17.8. The highest BCUT2D eigenvalue weighted by atomic mass is 32.2. The van der Waals surface area contributed by atoms with E-state index >= 15 is 0 Å². The second-order valence-corrected chi connectivity index (χ2v) is 7.83. The molecule has 2 heterocycles. The zero-order chi connectivity index (χ0) is 21.1. The third-order valence-electron chi connectivity index (χ3n) is 4.91. The number of nitrogens with one attached hydrogen (secondary N) is 2. The molecule has 1 aliphatic heterocycles. The van der Waals surface area contributed by atoms with Crippen molar-refractivity contribution in [2.45, 2.75) is 29.8 Å². The van der Waals surface area contributed by atoms with Crippen molar-refractivity contribution in [1.29, 1.82) is 0 Å².